The fraction of sp³-hybridized carbons (Fsp3) is 0.462. The van der Waals surface area contributed by atoms with Crippen LogP contribution < -0.4 is 0 Å². The Morgan fingerprint density at radius 1 is 1.17 bits per heavy atom. The van der Waals surface area contributed by atoms with E-state index >= 15 is 0 Å². The highest BCUT2D eigenvalue weighted by Crippen LogP contribution is 2.46. The normalized spacial score (nSPS) is 14.4. The number of aryl methyl sites for hydroxylation is 1. The Labute approximate surface area is 185 Å². The largest absolute Gasteiger partial charge is 0.466 e. The second kappa shape index (κ2) is 10.2. The molecule has 0 aliphatic carbocycles. The number of esters is 1. The number of hydrogen-bond donors (Lipinski definition) is 0. The highest BCUT2D eigenvalue weighted by molar-refractivity contribution is 7.99. The molecule has 1 aromatic carbocycles. The average molecular weight is 422 g/mol. The van der Waals surface area contributed by atoms with Crippen LogP contribution in [-0.4, -0.2) is 23.3 Å². The van der Waals surface area contributed by atoms with Gasteiger partial charge in [0.2, 0.25) is 0 Å². The Hall–Kier alpha value is -2.25. The van der Waals surface area contributed by atoms with Crippen LogP contribution in [-0.2, 0) is 27.8 Å². The number of nitrogens with zero attached hydrogens (tertiary/aromatic N) is 1. The molecule has 0 bridgehead atoms. The van der Waals surface area contributed by atoms with Gasteiger partial charge in [0.05, 0.1) is 13.0 Å². The summed E-state index contributed by atoms with van der Waals surface area (Å²) in [5.41, 5.74) is 5.72. The molecule has 0 spiro atoms. The topological polar surface area (TPSA) is 39.2 Å². The monoisotopic (exact) mass is 421 g/mol. The highest BCUT2D eigenvalue weighted by Gasteiger charge is 2.34. The first-order valence-electron chi connectivity index (χ1n) is 11.0. The van der Waals surface area contributed by atoms with Crippen molar-refractivity contribution in [1.82, 2.24) is 4.98 Å². The highest BCUT2D eigenvalue weighted by atomic mass is 32.2. The predicted octanol–water partition coefficient (Wildman–Crippen LogP) is 5.70. The molecule has 2 aromatic rings. The van der Waals surface area contributed by atoms with Gasteiger partial charge in [0, 0.05) is 16.7 Å². The van der Waals surface area contributed by atoms with Crippen LogP contribution in [0.2, 0.25) is 0 Å². The van der Waals surface area contributed by atoms with Gasteiger partial charge in [0.15, 0.2) is 0 Å². The molecule has 1 aliphatic rings. The van der Waals surface area contributed by atoms with Gasteiger partial charge in [-0.3, -0.25) is 4.79 Å². The van der Waals surface area contributed by atoms with Crippen molar-refractivity contribution >= 4 is 17.7 Å². The Balaban J connectivity index is 1.89. The molecule has 30 heavy (non-hydrogen) atoms. The molecule has 0 saturated heterocycles. The SMILES string of the molecule is CCOC(=O)Cc1ccc(C#Cc2cc3c(cc2CC)SCCC3(CC)CC)nc1. The van der Waals surface area contributed by atoms with Crippen molar-refractivity contribution in [2.45, 2.75) is 70.1 Å². The molecule has 3 nitrogen and oxygen atoms in total. The predicted molar refractivity (Wildman–Crippen MR) is 124 cm³/mol. The lowest BCUT2D eigenvalue weighted by molar-refractivity contribution is -0.142. The second-order valence-corrected chi connectivity index (χ2v) is 8.87. The first-order chi connectivity index (χ1) is 14.5. The Kier molecular flexibility index (Phi) is 7.61. The second-order valence-electron chi connectivity index (χ2n) is 7.73. The zero-order valence-corrected chi connectivity index (χ0v) is 19.3. The van der Waals surface area contributed by atoms with Crippen molar-refractivity contribution in [1.29, 1.82) is 0 Å². The van der Waals surface area contributed by atoms with Crippen LogP contribution in [0.3, 0.4) is 0 Å². The summed E-state index contributed by atoms with van der Waals surface area (Å²) in [4.78, 5) is 17.5. The summed E-state index contributed by atoms with van der Waals surface area (Å²) in [5.74, 6) is 7.58. The van der Waals surface area contributed by atoms with E-state index < -0.39 is 0 Å². The number of carbonyl (C=O) groups is 1. The molecule has 1 aromatic heterocycles. The van der Waals surface area contributed by atoms with Crippen molar-refractivity contribution in [2.24, 2.45) is 0 Å². The minimum Gasteiger partial charge on any atom is -0.466 e. The summed E-state index contributed by atoms with van der Waals surface area (Å²) < 4.78 is 4.99. The Morgan fingerprint density at radius 3 is 2.60 bits per heavy atom. The summed E-state index contributed by atoms with van der Waals surface area (Å²) in [7, 11) is 0. The third kappa shape index (κ3) is 4.90. The fourth-order valence-electron chi connectivity index (χ4n) is 4.15. The molecule has 158 valence electrons. The molecule has 3 rings (SSSR count). The van der Waals surface area contributed by atoms with Gasteiger partial charge >= 0.3 is 5.97 Å². The third-order valence-corrected chi connectivity index (χ3v) is 7.21. The summed E-state index contributed by atoms with van der Waals surface area (Å²) in [6.07, 6.45) is 6.49. The summed E-state index contributed by atoms with van der Waals surface area (Å²) >= 11 is 1.99. The van der Waals surface area contributed by atoms with Crippen LogP contribution in [0.5, 0.6) is 0 Å². The van der Waals surface area contributed by atoms with Crippen molar-refractivity contribution < 1.29 is 9.53 Å². The smallest absolute Gasteiger partial charge is 0.310 e. The molecule has 1 aliphatic heterocycles. The van der Waals surface area contributed by atoms with Crippen molar-refractivity contribution in [2.75, 3.05) is 12.4 Å². The van der Waals surface area contributed by atoms with Gasteiger partial charge in [-0.1, -0.05) is 32.8 Å². The number of rotatable bonds is 6. The molecule has 0 amide bonds. The van der Waals surface area contributed by atoms with Crippen LogP contribution in [0.15, 0.2) is 35.4 Å². The third-order valence-electron chi connectivity index (χ3n) is 6.15. The molecule has 2 heterocycles. The van der Waals surface area contributed by atoms with Gasteiger partial charge in [-0.05, 0) is 84.6 Å². The summed E-state index contributed by atoms with van der Waals surface area (Å²) in [6.45, 7) is 9.01. The van der Waals surface area contributed by atoms with Crippen molar-refractivity contribution in [3.8, 4) is 11.8 Å². The van der Waals surface area contributed by atoms with E-state index in [1.54, 1.807) is 6.20 Å². The molecular formula is C26H31NO2S. The molecule has 0 fully saturated rings. The number of benzene rings is 1. The van der Waals surface area contributed by atoms with Crippen LogP contribution in [0.25, 0.3) is 0 Å². The van der Waals surface area contributed by atoms with E-state index in [-0.39, 0.29) is 17.8 Å². The van der Waals surface area contributed by atoms with E-state index in [2.05, 4.69) is 49.7 Å². The maximum absolute atomic E-state index is 11.6. The van der Waals surface area contributed by atoms with E-state index in [1.165, 1.54) is 41.0 Å². The summed E-state index contributed by atoms with van der Waals surface area (Å²) in [5, 5.41) is 0. The zero-order valence-electron chi connectivity index (χ0n) is 18.5. The maximum atomic E-state index is 11.6. The standard InChI is InChI=1S/C26H31NO2S/c1-5-20-17-24-23(26(6-2,7-3)13-14-30-24)16-21(20)10-12-22-11-9-19(18-27-22)15-25(28)29-8-4/h9,11,16-18H,5-8,13-15H2,1-4H3. The lowest BCUT2D eigenvalue weighted by atomic mass is 9.72. The van der Waals surface area contributed by atoms with Gasteiger partial charge in [-0.2, -0.15) is 0 Å². The molecule has 0 unspecified atom stereocenters. The molecular weight excluding hydrogens is 390 g/mol. The number of hydrogen-bond acceptors (Lipinski definition) is 4. The first-order valence-corrected chi connectivity index (χ1v) is 12.0. The fourth-order valence-corrected chi connectivity index (χ4v) is 5.52. The van der Waals surface area contributed by atoms with Gasteiger partial charge < -0.3 is 4.74 Å². The zero-order chi connectivity index (χ0) is 21.6. The molecule has 0 N–H and O–H groups in total. The maximum Gasteiger partial charge on any atom is 0.310 e. The van der Waals surface area contributed by atoms with Crippen LogP contribution in [0.4, 0.5) is 0 Å². The molecule has 0 atom stereocenters. The lowest BCUT2D eigenvalue weighted by Gasteiger charge is -2.38. The Morgan fingerprint density at radius 2 is 1.97 bits per heavy atom. The number of thioether (sulfide) groups is 1. The van der Waals surface area contributed by atoms with Gasteiger partial charge in [-0.25, -0.2) is 4.98 Å². The van der Waals surface area contributed by atoms with Crippen LogP contribution in [0.1, 0.15) is 74.9 Å². The minimum absolute atomic E-state index is 0.229. The minimum atomic E-state index is -0.229. The number of aromatic nitrogens is 1. The van der Waals surface area contributed by atoms with E-state index in [4.69, 9.17) is 4.74 Å². The van der Waals surface area contributed by atoms with Gasteiger partial charge in [-0.15, -0.1) is 11.8 Å². The Bertz CT molecular complexity index is 949. The van der Waals surface area contributed by atoms with E-state index in [1.807, 2.05) is 30.8 Å². The molecule has 4 heteroatoms. The quantitative estimate of drug-likeness (QED) is 0.443. The number of fused-ring (bicyclic) bond motifs is 1. The molecule has 0 radical (unpaired) electrons. The van der Waals surface area contributed by atoms with Crippen LogP contribution in [0, 0.1) is 11.8 Å². The van der Waals surface area contributed by atoms with E-state index in [9.17, 15) is 4.79 Å². The van der Waals surface area contributed by atoms with Crippen molar-refractivity contribution in [3.63, 3.8) is 0 Å². The average Bonchev–Trinajstić information content (AvgIpc) is 2.77. The molecule has 0 saturated carbocycles. The first kappa shape index (κ1) is 22.4. The summed E-state index contributed by atoms with van der Waals surface area (Å²) in [6, 6.07) is 8.48. The van der Waals surface area contributed by atoms with Gasteiger partial charge in [0.25, 0.3) is 0 Å². The number of pyridine rings is 1. The number of ether oxygens (including phenoxy) is 1. The van der Waals surface area contributed by atoms with E-state index in [0.29, 0.717) is 12.3 Å². The van der Waals surface area contributed by atoms with Gasteiger partial charge in [0.1, 0.15) is 5.69 Å². The van der Waals surface area contributed by atoms with Crippen molar-refractivity contribution in [3.05, 3.63) is 58.4 Å². The van der Waals surface area contributed by atoms with E-state index in [0.717, 1.165) is 17.5 Å². The number of carbonyl (C=O) groups excluding carboxylic acids is 1. The lowest BCUT2D eigenvalue weighted by Crippen LogP contribution is -2.29. The van der Waals surface area contributed by atoms with Crippen LogP contribution >= 0.6 is 11.8 Å².